The van der Waals surface area contributed by atoms with Gasteiger partial charge in [0, 0.05) is 6.54 Å². The standard InChI is InChI=1S/C20H33N/c1-4-14-21-15-20(18-8-6-5-7-9-18)19-12-10-17(11-13-19)16(2)3/h10-13,16,18,20-21H,4-9,14-15H2,1-3H3. The minimum atomic E-state index is 0.630. The van der Waals surface area contributed by atoms with E-state index in [4.69, 9.17) is 0 Å². The van der Waals surface area contributed by atoms with Gasteiger partial charge in [-0.05, 0) is 54.7 Å². The van der Waals surface area contributed by atoms with Crippen molar-refractivity contribution in [2.24, 2.45) is 5.92 Å². The average Bonchev–Trinajstić information content (AvgIpc) is 2.53. The minimum Gasteiger partial charge on any atom is -0.316 e. The molecule has 0 bridgehead atoms. The lowest BCUT2D eigenvalue weighted by Gasteiger charge is -2.31. The smallest absolute Gasteiger partial charge is 0.00228 e. The molecule has 0 saturated heterocycles. The molecule has 0 heterocycles. The lowest BCUT2D eigenvalue weighted by molar-refractivity contribution is 0.297. The van der Waals surface area contributed by atoms with Crippen molar-refractivity contribution in [3.05, 3.63) is 35.4 Å². The van der Waals surface area contributed by atoms with Crippen LogP contribution in [0.15, 0.2) is 24.3 Å². The Labute approximate surface area is 131 Å². The van der Waals surface area contributed by atoms with Gasteiger partial charge in [-0.1, -0.05) is 64.3 Å². The van der Waals surface area contributed by atoms with Gasteiger partial charge < -0.3 is 5.32 Å². The van der Waals surface area contributed by atoms with Crippen LogP contribution in [0.2, 0.25) is 0 Å². The van der Waals surface area contributed by atoms with Crippen LogP contribution in [0.3, 0.4) is 0 Å². The van der Waals surface area contributed by atoms with Gasteiger partial charge in [0.05, 0.1) is 0 Å². The molecular formula is C20H33N. The fourth-order valence-corrected chi connectivity index (χ4v) is 3.66. The summed E-state index contributed by atoms with van der Waals surface area (Å²) in [7, 11) is 0. The van der Waals surface area contributed by atoms with Gasteiger partial charge in [0.15, 0.2) is 0 Å². The zero-order valence-corrected chi connectivity index (χ0v) is 14.2. The Kier molecular flexibility index (Phi) is 6.76. The molecule has 1 aliphatic rings. The van der Waals surface area contributed by atoms with E-state index in [0.29, 0.717) is 11.8 Å². The highest BCUT2D eigenvalue weighted by Crippen LogP contribution is 2.36. The second-order valence-electron chi connectivity index (χ2n) is 7.03. The highest BCUT2D eigenvalue weighted by Gasteiger charge is 2.24. The summed E-state index contributed by atoms with van der Waals surface area (Å²) in [5.41, 5.74) is 3.01. The molecule has 118 valence electrons. The van der Waals surface area contributed by atoms with Crippen molar-refractivity contribution in [1.82, 2.24) is 5.32 Å². The Balaban J connectivity index is 2.08. The predicted octanol–water partition coefficient (Wildman–Crippen LogP) is 5.47. The molecule has 0 spiro atoms. The van der Waals surface area contributed by atoms with E-state index in [0.717, 1.165) is 19.0 Å². The molecule has 0 aromatic heterocycles. The van der Waals surface area contributed by atoms with Crippen LogP contribution >= 0.6 is 0 Å². The van der Waals surface area contributed by atoms with Crippen molar-refractivity contribution in [1.29, 1.82) is 0 Å². The van der Waals surface area contributed by atoms with Gasteiger partial charge in [-0.25, -0.2) is 0 Å². The van der Waals surface area contributed by atoms with Crippen molar-refractivity contribution in [3.63, 3.8) is 0 Å². The third kappa shape index (κ3) is 4.85. The van der Waals surface area contributed by atoms with E-state index in [1.807, 2.05) is 0 Å². The highest BCUT2D eigenvalue weighted by molar-refractivity contribution is 5.28. The Morgan fingerprint density at radius 1 is 1.00 bits per heavy atom. The van der Waals surface area contributed by atoms with E-state index in [2.05, 4.69) is 50.4 Å². The van der Waals surface area contributed by atoms with Crippen molar-refractivity contribution >= 4 is 0 Å². The van der Waals surface area contributed by atoms with Gasteiger partial charge >= 0.3 is 0 Å². The van der Waals surface area contributed by atoms with E-state index in [1.165, 1.54) is 44.1 Å². The van der Waals surface area contributed by atoms with Gasteiger partial charge in [-0.2, -0.15) is 0 Å². The number of benzene rings is 1. The van der Waals surface area contributed by atoms with Crippen LogP contribution in [-0.2, 0) is 0 Å². The molecule has 1 N–H and O–H groups in total. The maximum Gasteiger partial charge on any atom is 0.00228 e. The van der Waals surface area contributed by atoms with Crippen LogP contribution < -0.4 is 5.32 Å². The molecule has 1 nitrogen and oxygen atoms in total. The van der Waals surface area contributed by atoms with Gasteiger partial charge in [0.1, 0.15) is 0 Å². The first-order chi connectivity index (χ1) is 10.2. The third-order valence-corrected chi connectivity index (χ3v) is 5.04. The van der Waals surface area contributed by atoms with E-state index < -0.39 is 0 Å². The van der Waals surface area contributed by atoms with E-state index in [-0.39, 0.29) is 0 Å². The average molecular weight is 287 g/mol. The van der Waals surface area contributed by atoms with Gasteiger partial charge in [0.2, 0.25) is 0 Å². The normalized spacial score (nSPS) is 18.1. The van der Waals surface area contributed by atoms with E-state index in [9.17, 15) is 0 Å². The maximum atomic E-state index is 3.67. The second kappa shape index (κ2) is 8.58. The van der Waals surface area contributed by atoms with Crippen LogP contribution in [0.1, 0.15) is 82.3 Å². The lowest BCUT2D eigenvalue weighted by atomic mass is 9.76. The predicted molar refractivity (Wildman–Crippen MR) is 93.0 cm³/mol. The molecule has 1 heteroatoms. The quantitative estimate of drug-likeness (QED) is 0.655. The summed E-state index contributed by atoms with van der Waals surface area (Å²) in [5, 5.41) is 3.67. The third-order valence-electron chi connectivity index (χ3n) is 5.04. The number of rotatable bonds is 7. The van der Waals surface area contributed by atoms with Crippen LogP contribution in [0, 0.1) is 5.92 Å². The van der Waals surface area contributed by atoms with Crippen molar-refractivity contribution in [2.45, 2.75) is 71.1 Å². The summed E-state index contributed by atoms with van der Waals surface area (Å²) < 4.78 is 0. The largest absolute Gasteiger partial charge is 0.316 e. The zero-order chi connectivity index (χ0) is 15.1. The monoisotopic (exact) mass is 287 g/mol. The summed E-state index contributed by atoms with van der Waals surface area (Å²) in [6, 6.07) is 9.47. The molecule has 1 unspecified atom stereocenters. The Hall–Kier alpha value is -0.820. The molecule has 0 aliphatic heterocycles. The van der Waals surface area contributed by atoms with Gasteiger partial charge in [0.25, 0.3) is 0 Å². The first-order valence-electron chi connectivity index (χ1n) is 9.03. The fourth-order valence-electron chi connectivity index (χ4n) is 3.66. The Morgan fingerprint density at radius 2 is 1.62 bits per heavy atom. The minimum absolute atomic E-state index is 0.630. The van der Waals surface area contributed by atoms with Crippen molar-refractivity contribution in [3.8, 4) is 0 Å². The summed E-state index contributed by atoms with van der Waals surface area (Å²) in [6.45, 7) is 9.10. The maximum absolute atomic E-state index is 3.67. The van der Waals surface area contributed by atoms with Gasteiger partial charge in [-0.3, -0.25) is 0 Å². The molecule has 0 radical (unpaired) electrons. The van der Waals surface area contributed by atoms with Crippen molar-refractivity contribution < 1.29 is 0 Å². The molecule has 1 aliphatic carbocycles. The highest BCUT2D eigenvalue weighted by atomic mass is 14.9. The van der Waals surface area contributed by atoms with Crippen LogP contribution in [0.25, 0.3) is 0 Å². The van der Waals surface area contributed by atoms with Gasteiger partial charge in [-0.15, -0.1) is 0 Å². The molecule has 21 heavy (non-hydrogen) atoms. The van der Waals surface area contributed by atoms with E-state index in [1.54, 1.807) is 5.56 Å². The molecule has 1 aromatic rings. The number of nitrogens with one attached hydrogen (secondary N) is 1. The zero-order valence-electron chi connectivity index (χ0n) is 14.2. The Morgan fingerprint density at radius 3 is 2.19 bits per heavy atom. The molecule has 1 atom stereocenters. The molecule has 1 fully saturated rings. The lowest BCUT2D eigenvalue weighted by Crippen LogP contribution is -2.28. The number of hydrogen-bond acceptors (Lipinski definition) is 1. The van der Waals surface area contributed by atoms with E-state index >= 15 is 0 Å². The topological polar surface area (TPSA) is 12.0 Å². The fraction of sp³-hybridized carbons (Fsp3) is 0.700. The Bertz CT molecular complexity index is 387. The summed E-state index contributed by atoms with van der Waals surface area (Å²) in [6.07, 6.45) is 8.37. The van der Waals surface area contributed by atoms with Crippen LogP contribution in [0.4, 0.5) is 0 Å². The number of hydrogen-bond donors (Lipinski definition) is 1. The molecule has 0 amide bonds. The molecule has 1 saturated carbocycles. The first-order valence-corrected chi connectivity index (χ1v) is 9.03. The molecule has 1 aromatic carbocycles. The summed E-state index contributed by atoms with van der Waals surface area (Å²) in [4.78, 5) is 0. The molecule has 2 rings (SSSR count). The summed E-state index contributed by atoms with van der Waals surface area (Å²) in [5.74, 6) is 2.22. The molecular weight excluding hydrogens is 254 g/mol. The van der Waals surface area contributed by atoms with Crippen LogP contribution in [0.5, 0.6) is 0 Å². The first kappa shape index (κ1) is 16.5. The second-order valence-corrected chi connectivity index (χ2v) is 7.03. The van der Waals surface area contributed by atoms with Crippen LogP contribution in [-0.4, -0.2) is 13.1 Å². The van der Waals surface area contributed by atoms with Crippen molar-refractivity contribution in [2.75, 3.05) is 13.1 Å². The SMILES string of the molecule is CCCNCC(c1ccc(C(C)C)cc1)C1CCCCC1. The summed E-state index contributed by atoms with van der Waals surface area (Å²) >= 11 is 0.